The van der Waals surface area contributed by atoms with E-state index >= 15 is 0 Å². The summed E-state index contributed by atoms with van der Waals surface area (Å²) in [4.78, 5) is 14.9. The van der Waals surface area contributed by atoms with E-state index in [2.05, 4.69) is 81.2 Å². The number of amides is 1. The highest BCUT2D eigenvalue weighted by Gasteiger charge is 2.42. The van der Waals surface area contributed by atoms with Crippen molar-refractivity contribution in [2.45, 2.75) is 59.4 Å². The van der Waals surface area contributed by atoms with Crippen LogP contribution in [-0.2, 0) is 4.79 Å². The summed E-state index contributed by atoms with van der Waals surface area (Å²) in [7, 11) is 0. The van der Waals surface area contributed by atoms with Crippen molar-refractivity contribution in [1.82, 2.24) is 0 Å². The van der Waals surface area contributed by atoms with E-state index in [0.29, 0.717) is 18.4 Å². The zero-order chi connectivity index (χ0) is 19.3. The summed E-state index contributed by atoms with van der Waals surface area (Å²) in [5.41, 5.74) is 7.56. The summed E-state index contributed by atoms with van der Waals surface area (Å²) in [6.07, 6.45) is 1.75. The SMILES string of the molecule is Cc1cc(N2C[C@@H]3C[C@H]2c2ccccc23)cc(C)c1NC(=O)CC(C)(C)C. The molecule has 1 N–H and O–H groups in total. The summed E-state index contributed by atoms with van der Waals surface area (Å²) in [6.45, 7) is 11.6. The molecule has 2 aromatic carbocycles. The Hall–Kier alpha value is -2.29. The highest BCUT2D eigenvalue weighted by molar-refractivity contribution is 5.93. The highest BCUT2D eigenvalue weighted by atomic mass is 16.1. The topological polar surface area (TPSA) is 32.3 Å². The maximum atomic E-state index is 12.4. The van der Waals surface area contributed by atoms with Crippen LogP contribution in [0.3, 0.4) is 0 Å². The molecule has 2 bridgehead atoms. The summed E-state index contributed by atoms with van der Waals surface area (Å²) < 4.78 is 0. The summed E-state index contributed by atoms with van der Waals surface area (Å²) in [5, 5.41) is 3.14. The predicted molar refractivity (Wildman–Crippen MR) is 113 cm³/mol. The van der Waals surface area contributed by atoms with Gasteiger partial charge < -0.3 is 10.2 Å². The number of nitrogens with zero attached hydrogens (tertiary/aromatic N) is 1. The van der Waals surface area contributed by atoms with Crippen molar-refractivity contribution in [1.29, 1.82) is 0 Å². The van der Waals surface area contributed by atoms with Crippen LogP contribution in [0.4, 0.5) is 11.4 Å². The molecule has 1 aliphatic heterocycles. The van der Waals surface area contributed by atoms with Gasteiger partial charge in [-0.15, -0.1) is 0 Å². The van der Waals surface area contributed by atoms with E-state index in [4.69, 9.17) is 0 Å². The fraction of sp³-hybridized carbons (Fsp3) is 0.458. The second-order valence-electron chi connectivity index (χ2n) is 9.47. The van der Waals surface area contributed by atoms with E-state index in [9.17, 15) is 4.79 Å². The van der Waals surface area contributed by atoms with Crippen molar-refractivity contribution >= 4 is 17.3 Å². The van der Waals surface area contributed by atoms with Gasteiger partial charge in [0.05, 0.1) is 6.04 Å². The number of benzene rings is 2. The number of hydrogen-bond acceptors (Lipinski definition) is 2. The molecule has 3 heteroatoms. The first-order chi connectivity index (χ1) is 12.7. The Labute approximate surface area is 162 Å². The smallest absolute Gasteiger partial charge is 0.224 e. The van der Waals surface area contributed by atoms with Crippen molar-refractivity contribution in [3.63, 3.8) is 0 Å². The van der Waals surface area contributed by atoms with Crippen LogP contribution in [0.25, 0.3) is 0 Å². The van der Waals surface area contributed by atoms with E-state index in [1.54, 1.807) is 5.56 Å². The summed E-state index contributed by atoms with van der Waals surface area (Å²) >= 11 is 0. The number of rotatable bonds is 3. The van der Waals surface area contributed by atoms with Gasteiger partial charge >= 0.3 is 0 Å². The van der Waals surface area contributed by atoms with Crippen LogP contribution in [0.5, 0.6) is 0 Å². The minimum Gasteiger partial charge on any atom is -0.364 e. The average molecular weight is 363 g/mol. The largest absolute Gasteiger partial charge is 0.364 e. The Bertz CT molecular complexity index is 870. The number of carbonyl (C=O) groups excluding carboxylic acids is 1. The number of fused-ring (bicyclic) bond motifs is 5. The van der Waals surface area contributed by atoms with Crippen LogP contribution in [0, 0.1) is 19.3 Å². The van der Waals surface area contributed by atoms with E-state index in [-0.39, 0.29) is 11.3 Å². The van der Waals surface area contributed by atoms with E-state index in [0.717, 1.165) is 23.4 Å². The van der Waals surface area contributed by atoms with Gasteiger partial charge in [-0.2, -0.15) is 0 Å². The number of hydrogen-bond donors (Lipinski definition) is 1. The molecule has 3 nitrogen and oxygen atoms in total. The van der Waals surface area contributed by atoms with Gasteiger partial charge in [0.25, 0.3) is 0 Å². The lowest BCUT2D eigenvalue weighted by atomic mass is 9.92. The van der Waals surface area contributed by atoms with E-state index in [1.807, 2.05) is 0 Å². The Kier molecular flexibility index (Phi) is 4.29. The van der Waals surface area contributed by atoms with E-state index in [1.165, 1.54) is 17.7 Å². The van der Waals surface area contributed by atoms with Crippen LogP contribution in [0.1, 0.15) is 67.8 Å². The Morgan fingerprint density at radius 1 is 1.11 bits per heavy atom. The molecule has 0 unspecified atom stereocenters. The molecule has 1 saturated heterocycles. The molecule has 142 valence electrons. The molecule has 0 aromatic heterocycles. The molecule has 2 aliphatic rings. The molecule has 0 saturated carbocycles. The quantitative estimate of drug-likeness (QED) is 0.756. The standard InChI is InChI=1S/C24H30N2O/c1-15-10-18(11-16(2)23(15)25-22(27)13-24(3,4)5)26-14-17-12-21(26)20-9-7-6-8-19(17)20/h6-11,17,21H,12-14H2,1-5H3,(H,25,27)/t17-,21-/m0/s1. The van der Waals surface area contributed by atoms with Gasteiger partial charge in [0.1, 0.15) is 0 Å². The molecule has 0 radical (unpaired) electrons. The Balaban J connectivity index is 1.58. The van der Waals surface area contributed by atoms with Crippen molar-refractivity contribution in [2.24, 2.45) is 5.41 Å². The van der Waals surface area contributed by atoms with Gasteiger partial charge in [-0.25, -0.2) is 0 Å². The van der Waals surface area contributed by atoms with E-state index < -0.39 is 0 Å². The molecular weight excluding hydrogens is 332 g/mol. The third-order valence-electron chi connectivity index (χ3n) is 5.90. The molecule has 1 amide bonds. The van der Waals surface area contributed by atoms with Crippen LogP contribution in [0.2, 0.25) is 0 Å². The number of carbonyl (C=O) groups is 1. The summed E-state index contributed by atoms with van der Waals surface area (Å²) in [6, 6.07) is 13.9. The normalized spacial score (nSPS) is 20.7. The molecule has 27 heavy (non-hydrogen) atoms. The maximum Gasteiger partial charge on any atom is 0.224 e. The van der Waals surface area contributed by atoms with Gasteiger partial charge in [-0.3, -0.25) is 4.79 Å². The zero-order valence-electron chi connectivity index (χ0n) is 17.1. The van der Waals surface area contributed by atoms with Crippen LogP contribution >= 0.6 is 0 Å². The van der Waals surface area contributed by atoms with Gasteiger partial charge in [-0.05, 0) is 60.1 Å². The maximum absolute atomic E-state index is 12.4. The molecule has 0 spiro atoms. The van der Waals surface area contributed by atoms with Crippen LogP contribution in [-0.4, -0.2) is 12.5 Å². The lowest BCUT2D eigenvalue weighted by Crippen LogP contribution is -2.27. The van der Waals surface area contributed by atoms with Gasteiger partial charge in [-0.1, -0.05) is 45.0 Å². The Morgan fingerprint density at radius 3 is 2.37 bits per heavy atom. The number of anilines is 2. The van der Waals surface area contributed by atoms with Crippen molar-refractivity contribution in [2.75, 3.05) is 16.8 Å². The molecule has 1 heterocycles. The fourth-order valence-electron chi connectivity index (χ4n) is 4.80. The van der Waals surface area contributed by atoms with Crippen LogP contribution < -0.4 is 10.2 Å². The third kappa shape index (κ3) is 3.36. The summed E-state index contributed by atoms with van der Waals surface area (Å²) in [5.74, 6) is 0.744. The molecule has 4 rings (SSSR count). The minimum absolute atomic E-state index is 0.00594. The first-order valence-electron chi connectivity index (χ1n) is 9.99. The predicted octanol–water partition coefficient (Wildman–Crippen LogP) is 5.73. The van der Waals surface area contributed by atoms with Crippen molar-refractivity contribution < 1.29 is 4.79 Å². The van der Waals surface area contributed by atoms with Crippen molar-refractivity contribution in [3.8, 4) is 0 Å². The molecule has 2 atom stereocenters. The van der Waals surface area contributed by atoms with Gasteiger partial charge in [0, 0.05) is 30.3 Å². The number of nitrogens with one attached hydrogen (secondary N) is 1. The van der Waals surface area contributed by atoms with Gasteiger partial charge in [0.2, 0.25) is 5.91 Å². The first kappa shape index (κ1) is 18.1. The molecule has 1 fully saturated rings. The second kappa shape index (κ2) is 6.40. The molecular formula is C24H30N2O. The second-order valence-corrected chi connectivity index (χ2v) is 9.47. The zero-order valence-corrected chi connectivity index (χ0v) is 17.1. The lowest BCUT2D eigenvalue weighted by molar-refractivity contribution is -0.117. The Morgan fingerprint density at radius 2 is 1.74 bits per heavy atom. The fourth-order valence-corrected chi connectivity index (χ4v) is 4.80. The van der Waals surface area contributed by atoms with Gasteiger partial charge in [0.15, 0.2) is 0 Å². The number of aryl methyl sites for hydroxylation is 2. The van der Waals surface area contributed by atoms with Crippen molar-refractivity contribution in [3.05, 3.63) is 58.7 Å². The minimum atomic E-state index is -0.00594. The monoisotopic (exact) mass is 362 g/mol. The highest BCUT2D eigenvalue weighted by Crippen LogP contribution is 2.51. The molecule has 1 aliphatic carbocycles. The first-order valence-corrected chi connectivity index (χ1v) is 9.99. The average Bonchev–Trinajstić information content (AvgIpc) is 3.16. The van der Waals surface area contributed by atoms with Crippen LogP contribution in [0.15, 0.2) is 36.4 Å². The lowest BCUT2D eigenvalue weighted by Gasteiger charge is -2.32. The molecule has 2 aromatic rings. The third-order valence-corrected chi connectivity index (χ3v) is 5.90.